The Morgan fingerprint density at radius 3 is 2.63 bits per heavy atom. The van der Waals surface area contributed by atoms with Crippen molar-refractivity contribution in [2.75, 3.05) is 6.61 Å². The van der Waals surface area contributed by atoms with Gasteiger partial charge >= 0.3 is 0 Å². The van der Waals surface area contributed by atoms with Crippen molar-refractivity contribution in [3.63, 3.8) is 0 Å². The lowest BCUT2D eigenvalue weighted by atomic mass is 10.2. The van der Waals surface area contributed by atoms with Crippen molar-refractivity contribution < 1.29 is 4.74 Å². The average molecular weight is 397 g/mol. The second kappa shape index (κ2) is 7.50. The second-order valence-corrected chi connectivity index (χ2v) is 7.15. The number of thiazole rings is 1. The van der Waals surface area contributed by atoms with Gasteiger partial charge in [-0.2, -0.15) is 0 Å². The molecule has 2 aromatic carbocycles. The molecule has 0 atom stereocenters. The molecule has 5 nitrogen and oxygen atoms in total. The fourth-order valence-corrected chi connectivity index (χ4v) is 3.88. The fourth-order valence-electron chi connectivity index (χ4n) is 2.80. The van der Waals surface area contributed by atoms with Crippen LogP contribution in [0.2, 0.25) is 5.02 Å². The van der Waals surface area contributed by atoms with Crippen molar-refractivity contribution in [3.05, 3.63) is 64.6 Å². The quantitative estimate of drug-likeness (QED) is 0.452. The molecule has 136 valence electrons. The first-order valence-electron chi connectivity index (χ1n) is 8.53. The van der Waals surface area contributed by atoms with E-state index in [-0.39, 0.29) is 0 Å². The van der Waals surface area contributed by atoms with Crippen molar-refractivity contribution in [2.24, 2.45) is 0 Å². The van der Waals surface area contributed by atoms with Gasteiger partial charge in [-0.3, -0.25) is 0 Å². The van der Waals surface area contributed by atoms with E-state index in [0.717, 1.165) is 39.1 Å². The number of benzene rings is 2. The van der Waals surface area contributed by atoms with Gasteiger partial charge in [0.2, 0.25) is 0 Å². The van der Waals surface area contributed by atoms with Crippen LogP contribution in [-0.4, -0.2) is 26.6 Å². The maximum atomic E-state index is 6.29. The summed E-state index contributed by atoms with van der Waals surface area (Å²) in [7, 11) is 0. The zero-order valence-corrected chi connectivity index (χ0v) is 16.5. The summed E-state index contributed by atoms with van der Waals surface area (Å²) >= 11 is 7.82. The Morgan fingerprint density at radius 2 is 1.89 bits per heavy atom. The molecule has 0 bridgehead atoms. The molecule has 7 heteroatoms. The molecule has 0 spiro atoms. The van der Waals surface area contributed by atoms with Gasteiger partial charge in [0.25, 0.3) is 0 Å². The van der Waals surface area contributed by atoms with Gasteiger partial charge in [-0.1, -0.05) is 35.0 Å². The highest BCUT2D eigenvalue weighted by Gasteiger charge is 2.16. The van der Waals surface area contributed by atoms with Crippen LogP contribution in [0.3, 0.4) is 0 Å². The normalized spacial score (nSPS) is 10.9. The van der Waals surface area contributed by atoms with E-state index in [0.29, 0.717) is 11.6 Å². The Hall–Kier alpha value is -2.70. The largest absolute Gasteiger partial charge is 0.494 e. The molecular formula is C20H17ClN4OS. The first-order chi connectivity index (χ1) is 13.2. The third-order valence-corrected chi connectivity index (χ3v) is 5.32. The third kappa shape index (κ3) is 3.46. The molecule has 4 aromatic rings. The molecule has 0 N–H and O–H groups in total. The van der Waals surface area contributed by atoms with Crippen LogP contribution in [0.1, 0.15) is 12.6 Å². The summed E-state index contributed by atoms with van der Waals surface area (Å²) in [6, 6.07) is 15.5. The summed E-state index contributed by atoms with van der Waals surface area (Å²) in [4.78, 5) is 4.72. The molecule has 4 rings (SSSR count). The molecule has 0 fully saturated rings. The molecule has 0 aliphatic heterocycles. The summed E-state index contributed by atoms with van der Waals surface area (Å²) in [5, 5.41) is 12.1. The van der Waals surface area contributed by atoms with Crippen molar-refractivity contribution >= 4 is 22.9 Å². The Labute approximate surface area is 166 Å². The van der Waals surface area contributed by atoms with Crippen LogP contribution < -0.4 is 4.74 Å². The topological polar surface area (TPSA) is 52.8 Å². The highest BCUT2D eigenvalue weighted by atomic mass is 35.5. The van der Waals surface area contributed by atoms with E-state index in [1.165, 1.54) is 11.3 Å². The maximum Gasteiger partial charge on any atom is 0.146 e. The summed E-state index contributed by atoms with van der Waals surface area (Å²) in [5.74, 6) is 0.837. The lowest BCUT2D eigenvalue weighted by molar-refractivity contribution is 0.340. The van der Waals surface area contributed by atoms with Gasteiger partial charge in [-0.25, -0.2) is 9.67 Å². The van der Waals surface area contributed by atoms with E-state index in [1.807, 2.05) is 72.4 Å². The first-order valence-corrected chi connectivity index (χ1v) is 9.79. The van der Waals surface area contributed by atoms with E-state index in [2.05, 4.69) is 10.3 Å². The number of hydrogen-bond donors (Lipinski definition) is 0. The van der Waals surface area contributed by atoms with E-state index >= 15 is 0 Å². The van der Waals surface area contributed by atoms with Crippen molar-refractivity contribution in [3.8, 4) is 33.4 Å². The summed E-state index contributed by atoms with van der Waals surface area (Å²) < 4.78 is 7.30. The average Bonchev–Trinajstić information content (AvgIpc) is 3.30. The minimum absolute atomic E-state index is 0.643. The van der Waals surface area contributed by atoms with Crippen LogP contribution in [0.15, 0.2) is 53.9 Å². The lowest BCUT2D eigenvalue weighted by Gasteiger charge is -2.06. The molecule has 0 saturated heterocycles. The summed E-state index contributed by atoms with van der Waals surface area (Å²) in [6.07, 6.45) is 0. The molecule has 2 aromatic heterocycles. The zero-order chi connectivity index (χ0) is 18.8. The van der Waals surface area contributed by atoms with Crippen molar-refractivity contribution in [1.82, 2.24) is 20.0 Å². The van der Waals surface area contributed by atoms with E-state index < -0.39 is 0 Å². The molecule has 0 unspecified atom stereocenters. The van der Waals surface area contributed by atoms with Gasteiger partial charge in [0.05, 0.1) is 23.7 Å². The molecular weight excluding hydrogens is 380 g/mol. The smallest absolute Gasteiger partial charge is 0.146 e. The van der Waals surface area contributed by atoms with Crippen LogP contribution in [0.25, 0.3) is 27.6 Å². The SMILES string of the molecule is CCOc1ccc(-n2nnc(-c3nc(-c4ccccc4Cl)cs3)c2C)cc1. The number of ether oxygens (including phenoxy) is 1. The van der Waals surface area contributed by atoms with Gasteiger partial charge in [-0.15, -0.1) is 16.4 Å². The number of nitrogens with zero attached hydrogens (tertiary/aromatic N) is 4. The Balaban J connectivity index is 1.66. The Morgan fingerprint density at radius 1 is 1.11 bits per heavy atom. The monoisotopic (exact) mass is 396 g/mol. The Bertz CT molecular complexity index is 1070. The highest BCUT2D eigenvalue weighted by Crippen LogP contribution is 2.33. The van der Waals surface area contributed by atoms with Crippen molar-refractivity contribution in [1.29, 1.82) is 0 Å². The van der Waals surface area contributed by atoms with Crippen LogP contribution >= 0.6 is 22.9 Å². The predicted octanol–water partition coefficient (Wildman–Crippen LogP) is 5.42. The first kappa shape index (κ1) is 17.7. The lowest BCUT2D eigenvalue weighted by Crippen LogP contribution is -1.99. The second-order valence-electron chi connectivity index (χ2n) is 5.88. The number of aromatic nitrogens is 4. The minimum Gasteiger partial charge on any atom is -0.494 e. The molecule has 2 heterocycles. The van der Waals surface area contributed by atoms with E-state index in [1.54, 1.807) is 0 Å². The Kier molecular flexibility index (Phi) is 4.92. The van der Waals surface area contributed by atoms with E-state index in [9.17, 15) is 0 Å². The number of halogens is 1. The van der Waals surface area contributed by atoms with Gasteiger partial charge in [0.1, 0.15) is 16.5 Å². The fraction of sp³-hybridized carbons (Fsp3) is 0.150. The molecule has 0 amide bonds. The zero-order valence-electron chi connectivity index (χ0n) is 14.9. The molecule has 0 saturated carbocycles. The molecule has 0 radical (unpaired) electrons. The van der Waals surface area contributed by atoms with Gasteiger partial charge in [0, 0.05) is 16.0 Å². The molecule has 0 aliphatic rings. The number of hydrogen-bond acceptors (Lipinski definition) is 5. The van der Waals surface area contributed by atoms with Crippen molar-refractivity contribution in [2.45, 2.75) is 13.8 Å². The van der Waals surface area contributed by atoms with Crippen LogP contribution in [0.5, 0.6) is 5.75 Å². The summed E-state index contributed by atoms with van der Waals surface area (Å²) in [6.45, 7) is 4.60. The van der Waals surface area contributed by atoms with Gasteiger partial charge < -0.3 is 4.74 Å². The van der Waals surface area contributed by atoms with Crippen LogP contribution in [0.4, 0.5) is 0 Å². The highest BCUT2D eigenvalue weighted by molar-refractivity contribution is 7.13. The maximum absolute atomic E-state index is 6.29. The number of rotatable bonds is 5. The van der Waals surface area contributed by atoms with Gasteiger partial charge in [0.15, 0.2) is 0 Å². The van der Waals surface area contributed by atoms with Gasteiger partial charge in [-0.05, 0) is 44.2 Å². The molecule has 0 aliphatic carbocycles. The van der Waals surface area contributed by atoms with Crippen LogP contribution in [0, 0.1) is 6.92 Å². The summed E-state index contributed by atoms with van der Waals surface area (Å²) in [5.41, 5.74) is 4.39. The van der Waals surface area contributed by atoms with Crippen LogP contribution in [-0.2, 0) is 0 Å². The predicted molar refractivity (Wildman–Crippen MR) is 109 cm³/mol. The molecule has 27 heavy (non-hydrogen) atoms. The standard InChI is InChI=1S/C20H17ClN4OS/c1-3-26-15-10-8-14(9-11-15)25-13(2)19(23-24-25)20-22-18(12-27-20)16-6-4-5-7-17(16)21/h4-12H,3H2,1-2H3. The third-order valence-electron chi connectivity index (χ3n) is 4.14. The minimum atomic E-state index is 0.643. The van der Waals surface area contributed by atoms with E-state index in [4.69, 9.17) is 21.3 Å².